The number of aryl methyl sites for hydroxylation is 2. The highest BCUT2D eigenvalue weighted by molar-refractivity contribution is 5.77. The lowest BCUT2D eigenvalue weighted by Gasteiger charge is -2.35. The van der Waals surface area contributed by atoms with Crippen molar-refractivity contribution in [2.75, 3.05) is 19.7 Å². The van der Waals surface area contributed by atoms with Gasteiger partial charge in [0, 0.05) is 13.1 Å². The monoisotopic (exact) mass is 489 g/mol. The van der Waals surface area contributed by atoms with Crippen molar-refractivity contribution < 1.29 is 32.5 Å². The molecule has 0 fully saturated rings. The number of ether oxygens (including phenoxy) is 2. The number of nitrogens with two attached hydrogens (primary N) is 2. The molecule has 9 nitrogen and oxygen atoms in total. The summed E-state index contributed by atoms with van der Waals surface area (Å²) in [6, 6.07) is 4.45. The van der Waals surface area contributed by atoms with Crippen LogP contribution >= 0.6 is 0 Å². The summed E-state index contributed by atoms with van der Waals surface area (Å²) in [5.74, 6) is -4.96. The van der Waals surface area contributed by atoms with Crippen LogP contribution in [0.4, 0.5) is 13.2 Å². The summed E-state index contributed by atoms with van der Waals surface area (Å²) in [5.41, 5.74) is 14.0. The second-order valence-corrected chi connectivity index (χ2v) is 8.88. The number of fused-ring (bicyclic) bond motifs is 1. The van der Waals surface area contributed by atoms with Crippen molar-refractivity contribution in [1.29, 1.82) is 0 Å². The number of alkyl halides is 3. The number of nitrogens with zero attached hydrogens (tertiary/aromatic N) is 2. The number of nitrogens with one attached hydrogen (secondary N) is 1. The number of benzene rings is 1. The first-order valence-electron chi connectivity index (χ1n) is 11.0. The maximum absolute atomic E-state index is 12.8. The van der Waals surface area contributed by atoms with Gasteiger partial charge in [-0.25, -0.2) is 4.79 Å². The van der Waals surface area contributed by atoms with E-state index in [9.17, 15) is 23.1 Å². The van der Waals surface area contributed by atoms with Crippen LogP contribution in [0.1, 0.15) is 32.3 Å². The van der Waals surface area contributed by atoms with Crippen molar-refractivity contribution >= 4 is 17.0 Å². The summed E-state index contributed by atoms with van der Waals surface area (Å²) in [4.78, 5) is 15.9. The van der Waals surface area contributed by atoms with Crippen molar-refractivity contribution in [3.05, 3.63) is 23.8 Å². The molecule has 0 radical (unpaired) electrons. The Bertz CT molecular complexity index is 966. The third-order valence-electron chi connectivity index (χ3n) is 5.37. The van der Waals surface area contributed by atoms with Crippen LogP contribution in [0.15, 0.2) is 18.2 Å². The molecule has 2 rings (SSSR count). The molecule has 0 bridgehead atoms. The van der Waals surface area contributed by atoms with Crippen LogP contribution in [0.3, 0.4) is 0 Å². The number of hydrogen-bond donors (Lipinski definition) is 4. The van der Waals surface area contributed by atoms with Crippen LogP contribution in [0.2, 0.25) is 0 Å². The second kappa shape index (κ2) is 11.3. The van der Waals surface area contributed by atoms with E-state index in [1.807, 2.05) is 46.0 Å². The molecule has 0 aliphatic heterocycles. The molecule has 0 spiro atoms. The van der Waals surface area contributed by atoms with Crippen molar-refractivity contribution in [3.63, 3.8) is 0 Å². The predicted octanol–water partition coefficient (Wildman–Crippen LogP) is 1.74. The van der Waals surface area contributed by atoms with E-state index in [1.165, 1.54) is 0 Å². The number of esters is 1. The molecule has 0 saturated carbocycles. The molecule has 0 unspecified atom stereocenters. The van der Waals surface area contributed by atoms with E-state index in [1.54, 1.807) is 4.57 Å². The minimum Gasteiger partial charge on any atom is -0.463 e. The quantitative estimate of drug-likeness (QED) is 0.261. The molecule has 34 heavy (non-hydrogen) atoms. The number of carbonyl (C=O) groups is 1. The third kappa shape index (κ3) is 7.29. The fourth-order valence-electron chi connectivity index (χ4n) is 3.53. The van der Waals surface area contributed by atoms with Crippen molar-refractivity contribution in [1.82, 2.24) is 14.9 Å². The van der Waals surface area contributed by atoms with E-state index < -0.39 is 36.6 Å². The van der Waals surface area contributed by atoms with E-state index >= 15 is 0 Å². The first kappa shape index (κ1) is 27.8. The van der Waals surface area contributed by atoms with Crippen LogP contribution < -0.4 is 21.5 Å². The van der Waals surface area contributed by atoms with Gasteiger partial charge in [-0.2, -0.15) is 18.2 Å². The van der Waals surface area contributed by atoms with Crippen LogP contribution in [-0.2, 0) is 16.6 Å². The molecule has 1 aromatic carbocycles. The molecule has 0 aliphatic carbocycles. The largest absolute Gasteiger partial charge is 0.491 e. The van der Waals surface area contributed by atoms with Crippen LogP contribution in [-0.4, -0.2) is 64.4 Å². The minimum absolute atomic E-state index is 0.0161. The van der Waals surface area contributed by atoms with Crippen LogP contribution in [0.5, 0.6) is 6.01 Å². The number of halogens is 3. The van der Waals surface area contributed by atoms with Gasteiger partial charge >= 0.3 is 12.1 Å². The zero-order chi connectivity index (χ0) is 25.7. The summed E-state index contributed by atoms with van der Waals surface area (Å²) in [6.07, 6.45) is -4.79. The Labute approximate surface area is 196 Å². The van der Waals surface area contributed by atoms with Gasteiger partial charge in [0.15, 0.2) is 0 Å². The van der Waals surface area contributed by atoms with Gasteiger partial charge in [-0.3, -0.25) is 4.57 Å². The summed E-state index contributed by atoms with van der Waals surface area (Å²) >= 11 is 0. The summed E-state index contributed by atoms with van der Waals surface area (Å²) < 4.78 is 50.4. The fraction of sp³-hybridized carbons (Fsp3) is 0.636. The summed E-state index contributed by atoms with van der Waals surface area (Å²) in [7, 11) is 1.81. The first-order valence-corrected chi connectivity index (χ1v) is 11.0. The molecule has 1 aromatic heterocycles. The van der Waals surface area contributed by atoms with Gasteiger partial charge in [-0.05, 0) is 49.9 Å². The van der Waals surface area contributed by atoms with Gasteiger partial charge in [0.25, 0.3) is 6.01 Å². The average molecular weight is 490 g/mol. The molecule has 192 valence electrons. The number of rotatable bonds is 12. The SMILES string of the molecule is Cc1ccc2c(c1)nc(OC[C@@H](CC(C)C)NC[C@](O)(OC(=O)C(F)(F)F)[C@H](N)CCN)n2C. The average Bonchev–Trinajstić information content (AvgIpc) is 3.03. The highest BCUT2D eigenvalue weighted by Crippen LogP contribution is 2.24. The smallest absolute Gasteiger partial charge is 0.463 e. The van der Waals surface area contributed by atoms with Crippen molar-refractivity contribution in [2.45, 2.75) is 57.7 Å². The van der Waals surface area contributed by atoms with Gasteiger partial charge in [0.2, 0.25) is 5.79 Å². The fourth-order valence-corrected chi connectivity index (χ4v) is 3.53. The van der Waals surface area contributed by atoms with Gasteiger partial charge in [-0.15, -0.1) is 0 Å². The molecule has 12 heteroatoms. The normalized spacial score (nSPS) is 15.9. The Morgan fingerprint density at radius 3 is 2.59 bits per heavy atom. The maximum Gasteiger partial charge on any atom is 0.491 e. The number of hydrogen-bond acceptors (Lipinski definition) is 8. The number of carbonyl (C=O) groups excluding carboxylic acids is 1. The zero-order valence-corrected chi connectivity index (χ0v) is 19.9. The molecular formula is C22H34F3N5O4. The first-order chi connectivity index (χ1) is 15.8. The lowest BCUT2D eigenvalue weighted by Crippen LogP contribution is -2.60. The van der Waals surface area contributed by atoms with E-state index in [2.05, 4.69) is 15.0 Å². The molecular weight excluding hydrogens is 455 g/mol. The van der Waals surface area contributed by atoms with E-state index in [-0.39, 0.29) is 25.5 Å². The zero-order valence-electron chi connectivity index (χ0n) is 19.9. The predicted molar refractivity (Wildman–Crippen MR) is 121 cm³/mol. The second-order valence-electron chi connectivity index (χ2n) is 8.88. The molecule has 0 aliphatic rings. The number of aliphatic hydroxyl groups is 1. The highest BCUT2D eigenvalue weighted by atomic mass is 19.4. The molecule has 0 amide bonds. The van der Waals surface area contributed by atoms with Gasteiger partial charge in [0.1, 0.15) is 6.61 Å². The lowest BCUT2D eigenvalue weighted by molar-refractivity contribution is -0.252. The molecule has 3 atom stereocenters. The van der Waals surface area contributed by atoms with E-state index in [0.717, 1.165) is 16.6 Å². The van der Waals surface area contributed by atoms with Gasteiger partial charge < -0.3 is 31.4 Å². The maximum atomic E-state index is 12.8. The molecule has 6 N–H and O–H groups in total. The molecule has 1 heterocycles. The standard InChI is InChI=1S/C22H34F3N5O4/c1-13(2)9-15(11-33-20-29-16-10-14(3)5-6-17(16)30(20)4)28-12-21(32,18(27)7-8-26)34-19(31)22(23,24)25/h5-6,10,13,15,18,28,32H,7-9,11-12,26-27H2,1-4H3/t15-,18-,21+/m1/s1. The Morgan fingerprint density at radius 2 is 2.00 bits per heavy atom. The number of aromatic nitrogens is 2. The van der Waals surface area contributed by atoms with Crippen molar-refractivity contribution in [2.24, 2.45) is 24.4 Å². The van der Waals surface area contributed by atoms with Crippen LogP contribution in [0, 0.1) is 12.8 Å². The Morgan fingerprint density at radius 1 is 1.32 bits per heavy atom. The highest BCUT2D eigenvalue weighted by Gasteiger charge is 2.48. The van der Waals surface area contributed by atoms with E-state index in [4.69, 9.17) is 16.2 Å². The Kier molecular flexibility index (Phi) is 9.29. The van der Waals surface area contributed by atoms with Crippen molar-refractivity contribution in [3.8, 4) is 6.01 Å². The van der Waals surface area contributed by atoms with Crippen LogP contribution in [0.25, 0.3) is 11.0 Å². The van der Waals surface area contributed by atoms with Gasteiger partial charge in [-0.1, -0.05) is 19.9 Å². The Hall–Kier alpha value is -2.41. The molecule has 0 saturated heterocycles. The number of imidazole rings is 1. The molecule has 2 aromatic rings. The third-order valence-corrected chi connectivity index (χ3v) is 5.37. The summed E-state index contributed by atoms with van der Waals surface area (Å²) in [5, 5.41) is 13.7. The lowest BCUT2D eigenvalue weighted by atomic mass is 10.0. The Balaban J connectivity index is 2.15. The topological polar surface area (TPSA) is 138 Å². The van der Waals surface area contributed by atoms with E-state index in [0.29, 0.717) is 12.4 Å². The minimum atomic E-state index is -5.28. The van der Waals surface area contributed by atoms with Gasteiger partial charge in [0.05, 0.1) is 23.6 Å². The summed E-state index contributed by atoms with van der Waals surface area (Å²) in [6.45, 7) is 5.42.